The van der Waals surface area contributed by atoms with E-state index in [0.29, 0.717) is 12.1 Å². The van der Waals surface area contributed by atoms with E-state index in [0.717, 1.165) is 12.5 Å². The lowest BCUT2D eigenvalue weighted by atomic mass is 10.1. The van der Waals surface area contributed by atoms with Crippen LogP contribution in [0.3, 0.4) is 0 Å². The number of benzene rings is 3. The van der Waals surface area contributed by atoms with Crippen LogP contribution in [-0.2, 0) is 32.0 Å². The highest BCUT2D eigenvalue weighted by atomic mass is 32.2. The molecule has 4 nitrogen and oxygen atoms in total. The standard InChI is InChI=1S/C22H18F6O4S3/c1-34(29,30)19-7-3-5-16(12-19)33(17-6-4-8-20(13-17)35(2,31)32)18-10-14(21(23,24)25)9-15(11-18)22(26,27)28/h3-13,33H,1-2H3. The molecule has 0 aromatic heterocycles. The summed E-state index contributed by atoms with van der Waals surface area (Å²) in [6.07, 6.45) is -8.38. The zero-order valence-corrected chi connectivity index (χ0v) is 20.5. The summed E-state index contributed by atoms with van der Waals surface area (Å²) >= 11 is 0. The molecule has 3 rings (SSSR count). The van der Waals surface area contributed by atoms with Gasteiger partial charge in [-0.25, -0.2) is 16.8 Å². The van der Waals surface area contributed by atoms with Gasteiger partial charge in [0.15, 0.2) is 19.7 Å². The van der Waals surface area contributed by atoms with Crippen molar-refractivity contribution in [3.63, 3.8) is 0 Å². The summed E-state index contributed by atoms with van der Waals surface area (Å²) in [6.45, 7) is 0. The number of alkyl halides is 6. The molecule has 0 saturated carbocycles. The zero-order chi connectivity index (χ0) is 26.4. The van der Waals surface area contributed by atoms with Crippen LogP contribution in [0.1, 0.15) is 11.1 Å². The van der Waals surface area contributed by atoms with Crippen molar-refractivity contribution in [2.24, 2.45) is 0 Å². The normalized spacial score (nSPS) is 13.5. The molecule has 190 valence electrons. The Kier molecular flexibility index (Phi) is 7.10. The van der Waals surface area contributed by atoms with Gasteiger partial charge in [-0.1, -0.05) is 12.1 Å². The van der Waals surface area contributed by atoms with Crippen LogP contribution in [-0.4, -0.2) is 29.3 Å². The Balaban J connectivity index is 2.41. The Morgan fingerprint density at radius 3 is 1.26 bits per heavy atom. The van der Waals surface area contributed by atoms with Gasteiger partial charge in [0.25, 0.3) is 0 Å². The summed E-state index contributed by atoms with van der Waals surface area (Å²) in [4.78, 5) is -0.505. The molecule has 0 amide bonds. The minimum atomic E-state index is -5.10. The Bertz CT molecular complexity index is 1370. The summed E-state index contributed by atoms with van der Waals surface area (Å²) in [5, 5.41) is 0. The van der Waals surface area contributed by atoms with E-state index in [1.54, 1.807) is 0 Å². The molecule has 0 radical (unpaired) electrons. The molecule has 0 atom stereocenters. The summed E-state index contributed by atoms with van der Waals surface area (Å²) in [6, 6.07) is 11.4. The highest BCUT2D eigenvalue weighted by Gasteiger charge is 2.37. The van der Waals surface area contributed by atoms with Crippen LogP contribution in [0, 0.1) is 0 Å². The van der Waals surface area contributed by atoms with Crippen molar-refractivity contribution >= 4 is 30.6 Å². The molecule has 0 unspecified atom stereocenters. The molecular formula is C22H18F6O4S3. The van der Waals surface area contributed by atoms with Crippen molar-refractivity contribution in [2.45, 2.75) is 36.8 Å². The molecule has 3 aromatic carbocycles. The number of thiol groups is 1. The predicted molar refractivity (Wildman–Crippen MR) is 119 cm³/mol. The third kappa shape index (κ3) is 6.39. The van der Waals surface area contributed by atoms with Crippen molar-refractivity contribution in [1.29, 1.82) is 0 Å². The fourth-order valence-electron chi connectivity index (χ4n) is 3.22. The van der Waals surface area contributed by atoms with Crippen LogP contribution < -0.4 is 0 Å². The summed E-state index contributed by atoms with van der Waals surface area (Å²) in [7, 11) is -9.75. The van der Waals surface area contributed by atoms with Crippen molar-refractivity contribution in [3.05, 3.63) is 77.9 Å². The lowest BCUT2D eigenvalue weighted by Gasteiger charge is -2.26. The van der Waals surface area contributed by atoms with Gasteiger partial charge in [0.05, 0.1) is 20.9 Å². The molecule has 0 aliphatic carbocycles. The van der Waals surface area contributed by atoms with Gasteiger partial charge in [-0.05, 0) is 69.3 Å². The smallest absolute Gasteiger partial charge is 0.224 e. The summed E-state index contributed by atoms with van der Waals surface area (Å²) < 4.78 is 129. The van der Waals surface area contributed by atoms with Gasteiger partial charge in [0.2, 0.25) is 0 Å². The Morgan fingerprint density at radius 1 is 0.571 bits per heavy atom. The highest BCUT2D eigenvalue weighted by Crippen LogP contribution is 2.54. The SMILES string of the molecule is CS(=O)(=O)c1cccc([SH](c2cc(C(F)(F)F)cc(C(F)(F)F)c2)c2cccc(S(C)(=O)=O)c2)c1. The largest absolute Gasteiger partial charge is 0.416 e. The van der Waals surface area contributed by atoms with E-state index >= 15 is 0 Å². The first kappa shape index (κ1) is 27.1. The second kappa shape index (κ2) is 9.17. The fourth-order valence-corrected chi connectivity index (χ4v) is 7.17. The van der Waals surface area contributed by atoms with Crippen molar-refractivity contribution < 1.29 is 43.2 Å². The number of sulfone groups is 2. The van der Waals surface area contributed by atoms with Crippen LogP contribution in [0.4, 0.5) is 26.3 Å². The number of hydrogen-bond acceptors (Lipinski definition) is 4. The monoisotopic (exact) mass is 556 g/mol. The Hall–Kier alpha value is -2.51. The van der Waals surface area contributed by atoms with Crippen LogP contribution in [0.25, 0.3) is 0 Å². The third-order valence-corrected chi connectivity index (χ3v) is 9.42. The van der Waals surface area contributed by atoms with Gasteiger partial charge in [-0.2, -0.15) is 37.2 Å². The number of halogens is 6. The van der Waals surface area contributed by atoms with Gasteiger partial charge >= 0.3 is 12.4 Å². The molecule has 0 fully saturated rings. The Labute approximate surface area is 200 Å². The maximum absolute atomic E-state index is 13.5. The molecule has 0 aliphatic heterocycles. The van der Waals surface area contributed by atoms with E-state index in [2.05, 4.69) is 0 Å². The van der Waals surface area contributed by atoms with Crippen LogP contribution in [0.5, 0.6) is 0 Å². The van der Waals surface area contributed by atoms with E-state index in [1.165, 1.54) is 48.5 Å². The van der Waals surface area contributed by atoms with Gasteiger partial charge in [0, 0.05) is 12.5 Å². The summed E-state index contributed by atoms with van der Waals surface area (Å²) in [5.41, 5.74) is -3.07. The average molecular weight is 557 g/mol. The first-order valence-corrected chi connectivity index (χ1v) is 14.7. The van der Waals surface area contributed by atoms with Crippen molar-refractivity contribution in [3.8, 4) is 0 Å². The topological polar surface area (TPSA) is 68.3 Å². The quantitative estimate of drug-likeness (QED) is 0.309. The van der Waals surface area contributed by atoms with Crippen LogP contribution in [0.15, 0.2) is 91.2 Å². The van der Waals surface area contributed by atoms with Gasteiger partial charge in [0.1, 0.15) is 0 Å². The Morgan fingerprint density at radius 2 is 0.943 bits per heavy atom. The number of hydrogen-bond donors (Lipinski definition) is 1. The average Bonchev–Trinajstić information content (AvgIpc) is 2.72. The van der Waals surface area contributed by atoms with E-state index in [-0.39, 0.29) is 30.5 Å². The maximum atomic E-state index is 13.5. The highest BCUT2D eigenvalue weighted by molar-refractivity contribution is 8.17. The fraction of sp³-hybridized carbons (Fsp3) is 0.182. The predicted octanol–water partition coefficient (Wildman–Crippen LogP) is 6.01. The third-order valence-electron chi connectivity index (χ3n) is 4.84. The van der Waals surface area contributed by atoms with Crippen LogP contribution >= 0.6 is 10.9 Å². The molecule has 13 heteroatoms. The number of rotatable bonds is 5. The maximum Gasteiger partial charge on any atom is 0.416 e. The van der Waals surface area contributed by atoms with E-state index in [4.69, 9.17) is 0 Å². The minimum absolute atomic E-state index is 0.00311. The molecule has 0 bridgehead atoms. The molecular weight excluding hydrogens is 538 g/mol. The molecule has 0 saturated heterocycles. The molecule has 0 heterocycles. The molecule has 35 heavy (non-hydrogen) atoms. The van der Waals surface area contributed by atoms with E-state index in [1.807, 2.05) is 0 Å². The van der Waals surface area contributed by atoms with Crippen molar-refractivity contribution in [1.82, 2.24) is 0 Å². The molecule has 0 spiro atoms. The second-order valence-corrected chi connectivity index (χ2v) is 13.9. The minimum Gasteiger partial charge on any atom is -0.224 e. The van der Waals surface area contributed by atoms with Gasteiger partial charge in [-0.15, -0.1) is 0 Å². The van der Waals surface area contributed by atoms with Gasteiger partial charge < -0.3 is 0 Å². The summed E-state index contributed by atoms with van der Waals surface area (Å²) in [5.74, 6) is 0. The van der Waals surface area contributed by atoms with Crippen molar-refractivity contribution in [2.75, 3.05) is 12.5 Å². The lowest BCUT2D eigenvalue weighted by Crippen LogP contribution is -2.11. The first-order chi connectivity index (χ1) is 15.9. The first-order valence-electron chi connectivity index (χ1n) is 9.57. The second-order valence-electron chi connectivity index (χ2n) is 7.64. The van der Waals surface area contributed by atoms with Gasteiger partial charge in [-0.3, -0.25) is 0 Å². The molecule has 3 aromatic rings. The lowest BCUT2D eigenvalue weighted by molar-refractivity contribution is -0.143. The molecule has 0 aliphatic rings. The van der Waals surface area contributed by atoms with E-state index in [9.17, 15) is 43.2 Å². The molecule has 0 N–H and O–H groups in total. The van der Waals surface area contributed by atoms with Crippen LogP contribution in [0.2, 0.25) is 0 Å². The van der Waals surface area contributed by atoms with E-state index < -0.39 is 54.0 Å². The zero-order valence-electron chi connectivity index (χ0n) is 18.0.